The second-order valence-corrected chi connectivity index (χ2v) is 32.5. The van der Waals surface area contributed by atoms with Gasteiger partial charge in [-0.3, -0.25) is 0 Å². The van der Waals surface area contributed by atoms with Gasteiger partial charge in [-0.25, -0.2) is 0 Å². The van der Waals surface area contributed by atoms with Crippen molar-refractivity contribution < 1.29 is 0 Å². The summed E-state index contributed by atoms with van der Waals surface area (Å²) >= 11 is 0. The van der Waals surface area contributed by atoms with Crippen LogP contribution in [0.3, 0.4) is 0 Å². The van der Waals surface area contributed by atoms with Crippen LogP contribution in [0.15, 0.2) is 231 Å². The van der Waals surface area contributed by atoms with Crippen molar-refractivity contribution in [2.45, 2.75) is 176 Å². The lowest BCUT2D eigenvalue weighted by Crippen LogP contribution is -2.48. The molecule has 0 amide bonds. The summed E-state index contributed by atoms with van der Waals surface area (Å²) < 4.78 is 0. The largest absolute Gasteiger partial charge is 0.334 e. The predicted molar refractivity (Wildman–Crippen MR) is 405 cm³/mol. The normalized spacial score (nSPS) is 28.8. The molecule has 474 valence electrons. The van der Waals surface area contributed by atoms with E-state index >= 15 is 0 Å². The van der Waals surface area contributed by atoms with Gasteiger partial charge in [0.2, 0.25) is 0 Å². The van der Waals surface area contributed by atoms with Gasteiger partial charge in [-0.15, -0.1) is 0 Å². The number of benzene rings is 12. The van der Waals surface area contributed by atoms with E-state index in [1.807, 2.05) is 0 Å². The fourth-order valence-corrected chi connectivity index (χ4v) is 22.8. The number of para-hydroxylation sites is 4. The summed E-state index contributed by atoms with van der Waals surface area (Å²) in [7, 11) is 0. The average molecular weight is 1250 g/mol. The van der Waals surface area contributed by atoms with Crippen molar-refractivity contribution in [3.05, 3.63) is 253 Å². The second-order valence-electron chi connectivity index (χ2n) is 32.5. The first kappa shape index (κ1) is 57.2. The van der Waals surface area contributed by atoms with Crippen molar-refractivity contribution in [2.75, 3.05) is 19.6 Å². The van der Waals surface area contributed by atoms with Crippen LogP contribution in [0.25, 0.3) is 76.8 Å². The topological polar surface area (TPSA) is 13.0 Å². The summed E-state index contributed by atoms with van der Waals surface area (Å²) in [5.74, 6) is 0. The van der Waals surface area contributed by atoms with Crippen LogP contribution in [0.4, 0.5) is 45.5 Å². The molecule has 4 aliphatic heterocycles. The average Bonchev–Trinajstić information content (AvgIpc) is 1.51. The molecule has 4 fully saturated rings. The lowest BCUT2D eigenvalue weighted by molar-refractivity contribution is 0.330. The zero-order valence-corrected chi connectivity index (χ0v) is 57.2. The van der Waals surface area contributed by atoms with Crippen molar-refractivity contribution in [3.63, 3.8) is 0 Å². The first-order valence-corrected chi connectivity index (χ1v) is 36.3. The third-order valence-electron chi connectivity index (χ3n) is 28.6. The first-order chi connectivity index (χ1) is 46.5. The summed E-state index contributed by atoms with van der Waals surface area (Å²) in [6.45, 7) is 20.6. The molecule has 8 unspecified atom stereocenters. The second kappa shape index (κ2) is 19.3. The van der Waals surface area contributed by atoms with E-state index in [4.69, 9.17) is 0 Å². The molecule has 4 heterocycles. The van der Waals surface area contributed by atoms with Gasteiger partial charge in [-0.2, -0.15) is 0 Å². The number of anilines is 8. The van der Waals surface area contributed by atoms with Gasteiger partial charge < -0.3 is 19.6 Å². The molecule has 0 saturated heterocycles. The molecule has 0 spiro atoms. The summed E-state index contributed by atoms with van der Waals surface area (Å²) in [6.07, 6.45) is 14.2. The van der Waals surface area contributed by atoms with Gasteiger partial charge in [-0.1, -0.05) is 175 Å². The number of hydrogen-bond acceptors (Lipinski definition) is 4. The SMILES string of the molecule is CC12CCCC1(C)N(c1ccccc1)c1ccc(-c3cc(-c4ccc5c(c4)C4(C)CCCC4(C)N5c4ccccc4)c4ccc5c(-c6ccc7c(c6)C6(C)CCCC6(C)N7c6ccccc6)cc(-c6ccc7c(c6)C6(C)CCCC6(C)N7c6ccccc6)c6ccc3c4c65)cc12. The van der Waals surface area contributed by atoms with Crippen molar-refractivity contribution in [3.8, 4) is 44.5 Å². The molecule has 0 radical (unpaired) electrons. The smallest absolute Gasteiger partial charge is 0.0517 e. The van der Waals surface area contributed by atoms with Gasteiger partial charge in [0.15, 0.2) is 0 Å². The van der Waals surface area contributed by atoms with Gasteiger partial charge in [0, 0.05) is 67.2 Å². The minimum absolute atomic E-state index is 0.0272. The molecular weight excluding hydrogens is 1160 g/mol. The highest BCUT2D eigenvalue weighted by Gasteiger charge is 2.63. The highest BCUT2D eigenvalue weighted by atomic mass is 15.3. The van der Waals surface area contributed by atoms with Crippen LogP contribution in [-0.2, 0) is 21.7 Å². The van der Waals surface area contributed by atoms with Gasteiger partial charge in [0.1, 0.15) is 0 Å². The lowest BCUT2D eigenvalue weighted by Gasteiger charge is -2.42. The molecule has 8 aliphatic rings. The number of fused-ring (bicyclic) bond motifs is 12. The van der Waals surface area contributed by atoms with Crippen molar-refractivity contribution in [1.29, 1.82) is 0 Å². The Kier molecular flexibility index (Phi) is 11.5. The van der Waals surface area contributed by atoms with E-state index in [1.54, 1.807) is 0 Å². The third kappa shape index (κ3) is 6.96. The Morgan fingerprint density at radius 2 is 0.448 bits per heavy atom. The third-order valence-corrected chi connectivity index (χ3v) is 28.6. The van der Waals surface area contributed by atoms with Crippen LogP contribution in [0, 0.1) is 0 Å². The van der Waals surface area contributed by atoms with Crippen LogP contribution in [-0.4, -0.2) is 22.2 Å². The van der Waals surface area contributed by atoms with Gasteiger partial charge >= 0.3 is 0 Å². The molecule has 96 heavy (non-hydrogen) atoms. The summed E-state index contributed by atoms with van der Waals surface area (Å²) in [4.78, 5) is 10.9. The highest BCUT2D eigenvalue weighted by molar-refractivity contribution is 6.32. The van der Waals surface area contributed by atoms with Gasteiger partial charge in [0.05, 0.1) is 22.2 Å². The monoisotopic (exact) mass is 1250 g/mol. The molecule has 12 aromatic carbocycles. The lowest BCUT2D eigenvalue weighted by atomic mass is 9.71. The van der Waals surface area contributed by atoms with Crippen molar-refractivity contribution in [1.82, 2.24) is 0 Å². The maximum atomic E-state index is 2.72. The minimum atomic E-state index is -0.0464. The van der Waals surface area contributed by atoms with E-state index in [0.29, 0.717) is 0 Å². The van der Waals surface area contributed by atoms with E-state index in [9.17, 15) is 0 Å². The van der Waals surface area contributed by atoms with Crippen LogP contribution in [0.2, 0.25) is 0 Å². The molecule has 0 bridgehead atoms. The zero-order chi connectivity index (χ0) is 64.7. The van der Waals surface area contributed by atoms with E-state index < -0.39 is 0 Å². The Hall–Kier alpha value is -9.12. The fraction of sp³-hybridized carbons (Fsp3) is 0.304. The molecule has 0 aromatic heterocycles. The number of nitrogens with zero attached hydrogens (tertiary/aromatic N) is 4. The molecule has 8 atom stereocenters. The van der Waals surface area contributed by atoms with E-state index in [0.717, 1.165) is 25.7 Å². The molecular formula is C92H86N4. The summed E-state index contributed by atoms with van der Waals surface area (Å²) in [5, 5.41) is 8.02. The van der Waals surface area contributed by atoms with E-state index in [2.05, 4.69) is 306 Å². The van der Waals surface area contributed by atoms with Crippen LogP contribution in [0.5, 0.6) is 0 Å². The Bertz CT molecular complexity index is 4610. The molecule has 4 saturated carbocycles. The van der Waals surface area contributed by atoms with Crippen molar-refractivity contribution >= 4 is 77.8 Å². The van der Waals surface area contributed by atoms with E-state index in [-0.39, 0.29) is 43.8 Å². The van der Waals surface area contributed by atoms with Crippen LogP contribution in [0.1, 0.15) is 155 Å². The Labute approximate surface area is 567 Å². The maximum absolute atomic E-state index is 2.72. The van der Waals surface area contributed by atoms with Gasteiger partial charge in [0.25, 0.3) is 0 Å². The summed E-state index contributed by atoms with van der Waals surface area (Å²) in [6, 6.07) is 91.0. The summed E-state index contributed by atoms with van der Waals surface area (Å²) in [5.41, 5.74) is 26.7. The highest BCUT2D eigenvalue weighted by Crippen LogP contribution is 2.68. The molecule has 20 rings (SSSR count). The molecule has 4 heteroatoms. The minimum Gasteiger partial charge on any atom is -0.334 e. The first-order valence-electron chi connectivity index (χ1n) is 36.3. The Morgan fingerprint density at radius 3 is 0.667 bits per heavy atom. The molecule has 4 nitrogen and oxygen atoms in total. The predicted octanol–water partition coefficient (Wildman–Crippen LogP) is 24.7. The van der Waals surface area contributed by atoms with Crippen LogP contribution < -0.4 is 19.6 Å². The standard InChI is InChI=1S/C92H86N4/c1-85-45-21-49-89(85,5)93(63-25-13-9-14-26-63)79-41-33-59(53-75(79)85)71-57-72(60-34-42-80-76(54-60)86(2)46-22-50-90(86,6)94(80)64-27-15-10-16-28-64)68-39-40-70-74(62-36-44-82-78(56-62)88(4)48-24-52-92(88,8)96(82)66-31-19-12-20-32-66)58-73(69-38-37-67(71)83(68)84(69)70)61-35-43-81-77(55-61)87(3)47-23-51-91(87,7)95(81)65-29-17-11-18-30-65/h9-20,25-44,53-58H,21-24,45-52H2,1-8H3. The quantitative estimate of drug-likeness (QED) is 0.141. The van der Waals surface area contributed by atoms with E-state index in [1.165, 1.54) is 196 Å². The molecule has 4 aliphatic carbocycles. The molecule has 12 aromatic rings. The number of rotatable bonds is 8. The maximum Gasteiger partial charge on any atom is 0.0517 e. The zero-order valence-electron chi connectivity index (χ0n) is 57.2. The van der Waals surface area contributed by atoms with Crippen molar-refractivity contribution in [2.24, 2.45) is 0 Å². The fourth-order valence-electron chi connectivity index (χ4n) is 22.8. The Balaban J connectivity index is 0.871. The number of hydrogen-bond donors (Lipinski definition) is 0. The Morgan fingerprint density at radius 1 is 0.229 bits per heavy atom. The molecule has 0 N–H and O–H groups in total. The van der Waals surface area contributed by atoms with Gasteiger partial charge in [-0.05, 0) is 287 Å². The van der Waals surface area contributed by atoms with Crippen LogP contribution >= 0.6 is 0 Å².